The Balaban J connectivity index is 1.08. The summed E-state index contributed by atoms with van der Waals surface area (Å²) in [6.45, 7) is 22.3. The highest BCUT2D eigenvalue weighted by molar-refractivity contribution is 6.13. The normalized spacial score (nSPS) is 18.2. The van der Waals surface area contributed by atoms with Crippen molar-refractivity contribution in [1.29, 1.82) is 0 Å². The van der Waals surface area contributed by atoms with Gasteiger partial charge >= 0.3 is 0 Å². The maximum atomic E-state index is 5.07. The zero-order valence-electron chi connectivity index (χ0n) is 35.4. The molecule has 2 aliphatic heterocycles. The van der Waals surface area contributed by atoms with Crippen molar-refractivity contribution in [3.8, 4) is 22.5 Å². The Morgan fingerprint density at radius 3 is 1.10 bits per heavy atom. The first-order valence-electron chi connectivity index (χ1n) is 20.6. The molecule has 2 aliphatic rings. The number of hydrogen-bond acceptors (Lipinski definition) is 4. The summed E-state index contributed by atoms with van der Waals surface area (Å²) in [5.41, 5.74) is 11.0. The Hall–Kier alpha value is -6.14. The van der Waals surface area contributed by atoms with Crippen molar-refractivity contribution < 1.29 is 0 Å². The van der Waals surface area contributed by atoms with Crippen LogP contribution in [0.1, 0.15) is 69.2 Å². The minimum atomic E-state index is -0.198. The van der Waals surface area contributed by atoms with Gasteiger partial charge in [0.1, 0.15) is 11.7 Å². The van der Waals surface area contributed by atoms with Gasteiger partial charge in [-0.05, 0) is 153 Å². The Morgan fingerprint density at radius 1 is 0.362 bits per heavy atom. The molecule has 0 radical (unpaired) electrons. The van der Waals surface area contributed by atoms with Gasteiger partial charge in [0.05, 0.1) is 44.2 Å². The van der Waals surface area contributed by atoms with Crippen LogP contribution < -0.4 is 9.80 Å². The van der Waals surface area contributed by atoms with Crippen LogP contribution >= 0.6 is 0 Å². The monoisotopic (exact) mass is 760 g/mol. The largest absolute Gasteiger partial charge is 0.322 e. The number of anilines is 2. The van der Waals surface area contributed by atoms with Gasteiger partial charge in [0.2, 0.25) is 0 Å². The highest BCUT2D eigenvalue weighted by atomic mass is 15.3. The highest BCUT2D eigenvalue weighted by Crippen LogP contribution is 2.44. The van der Waals surface area contributed by atoms with Gasteiger partial charge in [-0.15, -0.1) is 0 Å². The average Bonchev–Trinajstić information content (AvgIpc) is 3.80. The summed E-state index contributed by atoms with van der Waals surface area (Å²) < 4.78 is 4.84. The molecule has 0 unspecified atom stereocenters. The predicted molar refractivity (Wildman–Crippen MR) is 248 cm³/mol. The third-order valence-corrected chi connectivity index (χ3v) is 14.0. The smallest absolute Gasteiger partial charge is 0.102 e. The number of aliphatic imine (C=N–C) groups is 2. The van der Waals surface area contributed by atoms with Crippen LogP contribution in [-0.2, 0) is 0 Å². The van der Waals surface area contributed by atoms with Crippen LogP contribution in [0.15, 0.2) is 143 Å². The zero-order chi connectivity index (χ0) is 40.5. The number of nitrogens with zero attached hydrogens (tertiary/aromatic N) is 6. The summed E-state index contributed by atoms with van der Waals surface area (Å²) in [5.74, 6) is 2.10. The van der Waals surface area contributed by atoms with Crippen LogP contribution in [0, 0.1) is 0 Å². The number of para-hydroxylation sites is 2. The number of amidine groups is 2. The van der Waals surface area contributed by atoms with E-state index in [0.29, 0.717) is 0 Å². The molecule has 0 N–H and O–H groups in total. The van der Waals surface area contributed by atoms with E-state index in [2.05, 4.69) is 222 Å². The van der Waals surface area contributed by atoms with Gasteiger partial charge in [-0.3, -0.25) is 9.98 Å². The third kappa shape index (κ3) is 5.03. The summed E-state index contributed by atoms with van der Waals surface area (Å²) in [5, 5.41) is 4.97. The van der Waals surface area contributed by atoms with E-state index in [1.807, 2.05) is 0 Å². The molecule has 0 amide bonds. The van der Waals surface area contributed by atoms with Crippen LogP contribution in [0.25, 0.3) is 66.1 Å². The van der Waals surface area contributed by atoms with Gasteiger partial charge in [0.25, 0.3) is 0 Å². The van der Waals surface area contributed by atoms with Gasteiger partial charge < -0.3 is 18.9 Å². The Kier molecular flexibility index (Phi) is 7.61. The van der Waals surface area contributed by atoms with Gasteiger partial charge in [0, 0.05) is 44.3 Å². The molecule has 0 atom stereocenters. The standard InChI is InChI=1S/C52H52N6/c1-33-53-49(3,4)51(7,8)57(33)39-19-15-17-37(31-39)55-45-23-13-11-21-41(45)43-29-35(25-27-47(43)55)36-26-28-48-44(30-36)42-22-12-14-24-46(42)56(48)38-18-16-20-40(32-38)58-34(2)54-50(5,6)52(58,9)10/h11-32H,1-10H3. The second-order valence-corrected chi connectivity index (χ2v) is 18.4. The molecule has 2 aromatic heterocycles. The quantitative estimate of drug-likeness (QED) is 0.175. The van der Waals surface area contributed by atoms with Gasteiger partial charge in [-0.25, -0.2) is 0 Å². The lowest BCUT2D eigenvalue weighted by Crippen LogP contribution is -2.53. The first kappa shape index (κ1) is 36.2. The number of hydrogen-bond donors (Lipinski definition) is 0. The van der Waals surface area contributed by atoms with Gasteiger partial charge in [-0.1, -0.05) is 60.7 Å². The van der Waals surface area contributed by atoms with E-state index in [0.717, 1.165) is 34.4 Å². The molecule has 6 nitrogen and oxygen atoms in total. The lowest BCUT2D eigenvalue weighted by Gasteiger charge is -2.41. The predicted octanol–water partition coefficient (Wildman–Crippen LogP) is 13.1. The molecule has 0 bridgehead atoms. The minimum Gasteiger partial charge on any atom is -0.322 e. The summed E-state index contributed by atoms with van der Waals surface area (Å²) >= 11 is 0. The van der Waals surface area contributed by atoms with E-state index >= 15 is 0 Å². The first-order valence-corrected chi connectivity index (χ1v) is 20.6. The van der Waals surface area contributed by atoms with E-state index in [-0.39, 0.29) is 22.2 Å². The molecule has 290 valence electrons. The fourth-order valence-corrected chi connectivity index (χ4v) is 9.96. The van der Waals surface area contributed by atoms with E-state index in [1.54, 1.807) is 0 Å². The van der Waals surface area contributed by atoms with E-state index in [4.69, 9.17) is 9.98 Å². The fraction of sp³-hybridized carbons (Fsp3) is 0.269. The van der Waals surface area contributed by atoms with E-state index in [9.17, 15) is 0 Å². The number of rotatable bonds is 5. The zero-order valence-corrected chi connectivity index (χ0v) is 35.4. The highest BCUT2D eigenvalue weighted by Gasteiger charge is 2.49. The second-order valence-electron chi connectivity index (χ2n) is 18.4. The molecule has 58 heavy (non-hydrogen) atoms. The molecular weight excluding hydrogens is 709 g/mol. The van der Waals surface area contributed by atoms with Gasteiger partial charge in [-0.2, -0.15) is 0 Å². The molecule has 0 spiro atoms. The fourth-order valence-electron chi connectivity index (χ4n) is 9.96. The van der Waals surface area contributed by atoms with Crippen molar-refractivity contribution in [3.63, 3.8) is 0 Å². The number of fused-ring (bicyclic) bond motifs is 6. The summed E-state index contributed by atoms with van der Waals surface area (Å²) in [6, 6.07) is 49.4. The molecule has 0 fully saturated rings. The van der Waals surface area contributed by atoms with Crippen LogP contribution in [0.3, 0.4) is 0 Å². The number of aromatic nitrogens is 2. The van der Waals surface area contributed by atoms with Crippen LogP contribution in [-0.4, -0.2) is 43.0 Å². The Labute approximate surface area is 341 Å². The van der Waals surface area contributed by atoms with Crippen LogP contribution in [0.5, 0.6) is 0 Å². The van der Waals surface area contributed by atoms with Crippen LogP contribution in [0.2, 0.25) is 0 Å². The maximum Gasteiger partial charge on any atom is 0.102 e. The molecule has 4 heterocycles. The summed E-state index contributed by atoms with van der Waals surface area (Å²) in [7, 11) is 0. The Bertz CT molecular complexity index is 2850. The average molecular weight is 761 g/mol. The molecule has 8 aromatic rings. The van der Waals surface area contributed by atoms with Gasteiger partial charge in [0.15, 0.2) is 0 Å². The second kappa shape index (κ2) is 12.2. The first-order chi connectivity index (χ1) is 27.6. The van der Waals surface area contributed by atoms with Crippen LogP contribution in [0.4, 0.5) is 11.4 Å². The Morgan fingerprint density at radius 2 is 0.724 bits per heavy atom. The maximum absolute atomic E-state index is 5.07. The van der Waals surface area contributed by atoms with Crippen molar-refractivity contribution in [2.75, 3.05) is 9.80 Å². The number of benzene rings is 6. The van der Waals surface area contributed by atoms with Crippen molar-refractivity contribution in [2.45, 2.75) is 91.4 Å². The van der Waals surface area contributed by atoms with Crippen molar-refractivity contribution >= 4 is 66.7 Å². The van der Waals surface area contributed by atoms with E-state index < -0.39 is 0 Å². The summed E-state index contributed by atoms with van der Waals surface area (Å²) in [4.78, 5) is 14.9. The lowest BCUT2D eigenvalue weighted by atomic mass is 9.83. The van der Waals surface area contributed by atoms with E-state index in [1.165, 1.54) is 54.7 Å². The molecule has 0 saturated heterocycles. The van der Waals surface area contributed by atoms with Crippen molar-refractivity contribution in [3.05, 3.63) is 133 Å². The SMILES string of the molecule is CC1=NC(C)(C)C(C)(C)N1c1cccc(-n2c3ccccc3c3cc(-c4ccc5c(c4)c4ccccc4n5-c4cccc(N5C(C)=NC(C)(C)C5(C)C)c4)ccc32)c1. The topological polar surface area (TPSA) is 41.1 Å². The van der Waals surface area contributed by atoms with Crippen molar-refractivity contribution in [1.82, 2.24) is 9.13 Å². The molecule has 0 aliphatic carbocycles. The molecule has 6 heteroatoms. The molecule has 6 aromatic carbocycles. The third-order valence-electron chi connectivity index (χ3n) is 14.0. The summed E-state index contributed by atoms with van der Waals surface area (Å²) in [6.07, 6.45) is 0. The lowest BCUT2D eigenvalue weighted by molar-refractivity contribution is 0.338. The molecular formula is C52H52N6. The molecule has 0 saturated carbocycles. The molecule has 10 rings (SSSR count). The van der Waals surface area contributed by atoms with Crippen molar-refractivity contribution in [2.24, 2.45) is 9.98 Å². The minimum absolute atomic E-state index is 0.167.